The highest BCUT2D eigenvalue weighted by molar-refractivity contribution is 5.40. The van der Waals surface area contributed by atoms with Crippen LogP contribution in [-0.4, -0.2) is 34.6 Å². The van der Waals surface area contributed by atoms with Gasteiger partial charge < -0.3 is 9.64 Å². The molecule has 2 aromatic rings. The van der Waals surface area contributed by atoms with Crippen LogP contribution in [0.25, 0.3) is 0 Å². The molecule has 0 aromatic carbocycles. The number of rotatable bonds is 4. The summed E-state index contributed by atoms with van der Waals surface area (Å²) in [4.78, 5) is 13.6. The topological polar surface area (TPSA) is 51.1 Å². The summed E-state index contributed by atoms with van der Waals surface area (Å²) in [6.45, 7) is 1.84. The van der Waals surface area contributed by atoms with Crippen LogP contribution < -0.4 is 9.64 Å². The zero-order chi connectivity index (χ0) is 17.0. The van der Waals surface area contributed by atoms with Gasteiger partial charge in [-0.25, -0.2) is 9.97 Å². The SMILES string of the molecule is FC(F)(F)c1cccc(N2CCC(COc3cnccn3)CC2)n1. The molecule has 1 aliphatic rings. The van der Waals surface area contributed by atoms with Crippen molar-refractivity contribution in [2.24, 2.45) is 5.92 Å². The fraction of sp³-hybridized carbons (Fsp3) is 0.438. The minimum absolute atomic E-state index is 0.342. The average Bonchev–Trinajstić information content (AvgIpc) is 2.61. The largest absolute Gasteiger partial charge is 0.476 e. The van der Waals surface area contributed by atoms with Crippen molar-refractivity contribution < 1.29 is 17.9 Å². The first kappa shape index (κ1) is 16.5. The van der Waals surface area contributed by atoms with Crippen LogP contribution in [0.5, 0.6) is 5.88 Å². The first-order chi connectivity index (χ1) is 11.5. The van der Waals surface area contributed by atoms with E-state index in [0.29, 0.717) is 37.3 Å². The molecule has 2 aromatic heterocycles. The lowest BCUT2D eigenvalue weighted by molar-refractivity contribution is -0.141. The molecule has 5 nitrogen and oxygen atoms in total. The maximum absolute atomic E-state index is 12.8. The third-order valence-corrected chi connectivity index (χ3v) is 3.97. The highest BCUT2D eigenvalue weighted by Gasteiger charge is 2.33. The molecule has 1 saturated heterocycles. The van der Waals surface area contributed by atoms with Gasteiger partial charge >= 0.3 is 6.18 Å². The summed E-state index contributed by atoms with van der Waals surface area (Å²) in [6, 6.07) is 4.00. The molecule has 128 valence electrons. The predicted octanol–water partition coefficient (Wildman–Crippen LogP) is 3.19. The molecule has 0 unspecified atom stereocenters. The molecular weight excluding hydrogens is 321 g/mol. The summed E-state index contributed by atoms with van der Waals surface area (Å²) >= 11 is 0. The zero-order valence-corrected chi connectivity index (χ0v) is 12.9. The number of pyridine rings is 1. The van der Waals surface area contributed by atoms with Crippen LogP contribution >= 0.6 is 0 Å². The van der Waals surface area contributed by atoms with Crippen molar-refractivity contribution in [2.75, 3.05) is 24.6 Å². The van der Waals surface area contributed by atoms with Crippen molar-refractivity contribution in [1.29, 1.82) is 0 Å². The van der Waals surface area contributed by atoms with E-state index < -0.39 is 11.9 Å². The maximum Gasteiger partial charge on any atom is 0.433 e. The van der Waals surface area contributed by atoms with Crippen molar-refractivity contribution in [3.05, 3.63) is 42.5 Å². The summed E-state index contributed by atoms with van der Waals surface area (Å²) in [6.07, 6.45) is 1.95. The second-order valence-corrected chi connectivity index (χ2v) is 5.66. The summed E-state index contributed by atoms with van der Waals surface area (Å²) in [5.74, 6) is 1.20. The van der Waals surface area contributed by atoms with E-state index in [4.69, 9.17) is 4.74 Å². The van der Waals surface area contributed by atoms with Crippen LogP contribution in [0.15, 0.2) is 36.8 Å². The third-order valence-electron chi connectivity index (χ3n) is 3.97. The van der Waals surface area contributed by atoms with Gasteiger partial charge in [0, 0.05) is 25.5 Å². The molecule has 0 radical (unpaired) electrons. The second-order valence-electron chi connectivity index (χ2n) is 5.66. The van der Waals surface area contributed by atoms with Gasteiger partial charge in [0.2, 0.25) is 5.88 Å². The highest BCUT2D eigenvalue weighted by Crippen LogP contribution is 2.30. The van der Waals surface area contributed by atoms with Gasteiger partial charge in [-0.15, -0.1) is 0 Å². The fourth-order valence-electron chi connectivity index (χ4n) is 2.65. The Balaban J connectivity index is 1.53. The number of anilines is 1. The molecule has 1 fully saturated rings. The predicted molar refractivity (Wildman–Crippen MR) is 81.7 cm³/mol. The molecule has 0 N–H and O–H groups in total. The van der Waals surface area contributed by atoms with E-state index in [1.165, 1.54) is 6.07 Å². The summed E-state index contributed by atoms with van der Waals surface area (Å²) < 4.78 is 43.8. The number of piperidine rings is 1. The Labute approximate surface area is 137 Å². The molecule has 0 amide bonds. The molecule has 0 spiro atoms. The lowest BCUT2D eigenvalue weighted by atomic mass is 9.98. The summed E-state index contributed by atoms with van der Waals surface area (Å²) in [5, 5.41) is 0. The minimum Gasteiger partial charge on any atom is -0.476 e. The molecule has 0 saturated carbocycles. The van der Waals surface area contributed by atoms with Gasteiger partial charge in [0.25, 0.3) is 0 Å². The molecule has 8 heteroatoms. The normalized spacial score (nSPS) is 16.2. The van der Waals surface area contributed by atoms with Crippen molar-refractivity contribution in [1.82, 2.24) is 15.0 Å². The van der Waals surface area contributed by atoms with Crippen LogP contribution in [0.1, 0.15) is 18.5 Å². The molecule has 1 aliphatic heterocycles. The van der Waals surface area contributed by atoms with Crippen molar-refractivity contribution >= 4 is 5.82 Å². The van der Waals surface area contributed by atoms with Crippen LogP contribution in [0.3, 0.4) is 0 Å². The van der Waals surface area contributed by atoms with E-state index in [1.54, 1.807) is 24.7 Å². The number of alkyl halides is 3. The quantitative estimate of drug-likeness (QED) is 0.857. The highest BCUT2D eigenvalue weighted by atomic mass is 19.4. The molecule has 3 rings (SSSR count). The Bertz CT molecular complexity index is 658. The Kier molecular flexibility index (Phi) is 4.82. The lowest BCUT2D eigenvalue weighted by Crippen LogP contribution is -2.36. The minimum atomic E-state index is -4.42. The van der Waals surface area contributed by atoms with Crippen molar-refractivity contribution in [3.63, 3.8) is 0 Å². The number of hydrogen-bond acceptors (Lipinski definition) is 5. The van der Waals surface area contributed by atoms with Crippen molar-refractivity contribution in [2.45, 2.75) is 19.0 Å². The van der Waals surface area contributed by atoms with E-state index in [1.807, 2.05) is 4.90 Å². The fourth-order valence-corrected chi connectivity index (χ4v) is 2.65. The summed E-state index contributed by atoms with van der Waals surface area (Å²) in [7, 11) is 0. The van der Waals surface area contributed by atoms with Crippen LogP contribution in [0.4, 0.5) is 19.0 Å². The smallest absolute Gasteiger partial charge is 0.433 e. The van der Waals surface area contributed by atoms with Crippen molar-refractivity contribution in [3.8, 4) is 5.88 Å². The Morgan fingerprint density at radius 3 is 2.62 bits per heavy atom. The van der Waals surface area contributed by atoms with Crippen LogP contribution in [0, 0.1) is 5.92 Å². The van der Waals surface area contributed by atoms with E-state index in [-0.39, 0.29) is 0 Å². The molecular formula is C16H17F3N4O. The zero-order valence-electron chi connectivity index (χ0n) is 12.9. The van der Waals surface area contributed by atoms with Crippen LogP contribution in [0.2, 0.25) is 0 Å². The second kappa shape index (κ2) is 7.02. The number of hydrogen-bond donors (Lipinski definition) is 0. The standard InChI is InChI=1S/C16H17F3N4O/c17-16(18,19)13-2-1-3-14(22-13)23-8-4-12(5-9-23)11-24-15-10-20-6-7-21-15/h1-3,6-7,10,12H,4-5,8-9,11H2. The van der Waals surface area contributed by atoms with E-state index in [0.717, 1.165) is 18.9 Å². The first-order valence-electron chi connectivity index (χ1n) is 7.70. The number of aromatic nitrogens is 3. The summed E-state index contributed by atoms with van der Waals surface area (Å²) in [5.41, 5.74) is -0.854. The monoisotopic (exact) mass is 338 g/mol. The van der Waals surface area contributed by atoms with Gasteiger partial charge in [-0.05, 0) is 30.9 Å². The van der Waals surface area contributed by atoms with Gasteiger partial charge in [0.15, 0.2) is 0 Å². The van der Waals surface area contributed by atoms with Gasteiger partial charge in [-0.1, -0.05) is 6.07 Å². The Morgan fingerprint density at radius 2 is 1.96 bits per heavy atom. The average molecular weight is 338 g/mol. The van der Waals surface area contributed by atoms with Gasteiger partial charge in [0.05, 0.1) is 12.8 Å². The third kappa shape index (κ3) is 4.12. The molecule has 3 heterocycles. The Morgan fingerprint density at radius 1 is 1.17 bits per heavy atom. The van der Waals surface area contributed by atoms with Gasteiger partial charge in [-0.2, -0.15) is 13.2 Å². The van der Waals surface area contributed by atoms with Crippen LogP contribution in [-0.2, 0) is 6.18 Å². The van der Waals surface area contributed by atoms with E-state index in [2.05, 4.69) is 15.0 Å². The van der Waals surface area contributed by atoms with E-state index in [9.17, 15) is 13.2 Å². The molecule has 0 aliphatic carbocycles. The molecule has 0 bridgehead atoms. The molecule has 0 atom stereocenters. The number of halogens is 3. The number of nitrogens with zero attached hydrogens (tertiary/aromatic N) is 4. The lowest BCUT2D eigenvalue weighted by Gasteiger charge is -2.32. The molecule has 24 heavy (non-hydrogen) atoms. The van der Waals surface area contributed by atoms with E-state index >= 15 is 0 Å². The maximum atomic E-state index is 12.8. The number of ether oxygens (including phenoxy) is 1. The van der Waals surface area contributed by atoms with Gasteiger partial charge in [-0.3, -0.25) is 4.98 Å². The first-order valence-corrected chi connectivity index (χ1v) is 7.70. The Hall–Kier alpha value is -2.38. The van der Waals surface area contributed by atoms with Gasteiger partial charge in [0.1, 0.15) is 11.5 Å².